The van der Waals surface area contributed by atoms with Crippen LogP contribution in [-0.4, -0.2) is 20.7 Å². The van der Waals surface area contributed by atoms with E-state index in [9.17, 15) is 15.0 Å². The van der Waals surface area contributed by atoms with Gasteiger partial charge in [0.05, 0.1) is 5.52 Å². The molecule has 2 N–H and O–H groups in total. The average molecular weight is 231 g/mol. The topological polar surface area (TPSA) is 62.5 Å². The van der Waals surface area contributed by atoms with E-state index in [2.05, 4.69) is 0 Å². The van der Waals surface area contributed by atoms with Crippen molar-refractivity contribution < 1.29 is 15.0 Å². The van der Waals surface area contributed by atoms with E-state index in [1.165, 1.54) is 0 Å². The molecule has 4 nitrogen and oxygen atoms in total. The molecule has 1 fully saturated rings. The Morgan fingerprint density at radius 1 is 1.41 bits per heavy atom. The lowest BCUT2D eigenvalue weighted by Gasteiger charge is -2.06. The molecular formula is C13H13NO3. The van der Waals surface area contributed by atoms with Crippen molar-refractivity contribution in [2.45, 2.75) is 25.8 Å². The van der Waals surface area contributed by atoms with E-state index in [-0.39, 0.29) is 11.8 Å². The van der Waals surface area contributed by atoms with Crippen LogP contribution in [0, 0.1) is 6.92 Å². The van der Waals surface area contributed by atoms with E-state index in [1.807, 2.05) is 11.5 Å². The highest BCUT2D eigenvalue weighted by Crippen LogP contribution is 2.41. The van der Waals surface area contributed by atoms with Crippen LogP contribution in [0.4, 0.5) is 0 Å². The van der Waals surface area contributed by atoms with Gasteiger partial charge in [-0.1, -0.05) is 0 Å². The monoisotopic (exact) mass is 231 g/mol. The van der Waals surface area contributed by atoms with E-state index in [0.29, 0.717) is 5.69 Å². The number of nitrogens with zero attached hydrogens (tertiary/aromatic N) is 1. The number of benzene rings is 1. The largest absolute Gasteiger partial charge is 0.508 e. The molecule has 0 atom stereocenters. The number of carboxylic acids is 1. The van der Waals surface area contributed by atoms with E-state index >= 15 is 0 Å². The Bertz CT molecular complexity index is 623. The molecule has 1 heterocycles. The molecule has 2 aromatic rings. The summed E-state index contributed by atoms with van der Waals surface area (Å²) in [6, 6.07) is 5.30. The molecule has 1 aromatic carbocycles. The second kappa shape index (κ2) is 3.26. The predicted octanol–water partition coefficient (Wildman–Crippen LogP) is 2.69. The Morgan fingerprint density at radius 2 is 2.12 bits per heavy atom. The Kier molecular flexibility index (Phi) is 1.96. The number of hydrogen-bond donors (Lipinski definition) is 2. The van der Waals surface area contributed by atoms with Gasteiger partial charge >= 0.3 is 5.97 Å². The van der Waals surface area contributed by atoms with Crippen LogP contribution in [0.25, 0.3) is 10.9 Å². The zero-order chi connectivity index (χ0) is 12.2. The van der Waals surface area contributed by atoms with Gasteiger partial charge in [-0.05, 0) is 37.5 Å². The number of carboxylic acid groups (broad SMARTS) is 1. The number of carbonyl (C=O) groups is 1. The van der Waals surface area contributed by atoms with Gasteiger partial charge in [0.15, 0.2) is 0 Å². The maximum Gasteiger partial charge on any atom is 0.352 e. The molecule has 88 valence electrons. The van der Waals surface area contributed by atoms with Gasteiger partial charge in [0.2, 0.25) is 0 Å². The summed E-state index contributed by atoms with van der Waals surface area (Å²) >= 11 is 0. The number of aromatic carboxylic acids is 1. The number of phenolic OH excluding ortho intramolecular Hbond substituents is 1. The van der Waals surface area contributed by atoms with Crippen molar-refractivity contribution in [3.63, 3.8) is 0 Å². The minimum atomic E-state index is -0.898. The first-order valence-corrected chi connectivity index (χ1v) is 5.66. The molecule has 0 amide bonds. The number of aryl methyl sites for hydroxylation is 1. The highest BCUT2D eigenvalue weighted by atomic mass is 16.4. The number of hydrogen-bond acceptors (Lipinski definition) is 2. The van der Waals surface area contributed by atoms with Crippen molar-refractivity contribution in [3.8, 4) is 5.75 Å². The molecule has 0 saturated heterocycles. The summed E-state index contributed by atoms with van der Waals surface area (Å²) in [5.74, 6) is -0.723. The normalized spacial score (nSPS) is 15.4. The van der Waals surface area contributed by atoms with Gasteiger partial charge < -0.3 is 14.8 Å². The maximum atomic E-state index is 11.3. The van der Waals surface area contributed by atoms with Crippen LogP contribution in [0.1, 0.15) is 34.9 Å². The molecule has 17 heavy (non-hydrogen) atoms. The minimum Gasteiger partial charge on any atom is -0.508 e. The van der Waals surface area contributed by atoms with E-state index in [1.54, 1.807) is 18.2 Å². The lowest BCUT2D eigenvalue weighted by Crippen LogP contribution is -2.08. The van der Waals surface area contributed by atoms with Gasteiger partial charge in [-0.15, -0.1) is 0 Å². The Morgan fingerprint density at radius 3 is 2.71 bits per heavy atom. The van der Waals surface area contributed by atoms with Gasteiger partial charge in [-0.3, -0.25) is 0 Å². The average Bonchev–Trinajstić information content (AvgIpc) is 3.04. The standard InChI is InChI=1S/C13H13NO3/c1-7-10-5-4-9(15)6-11(10)14(8-2-3-8)12(7)13(16)17/h4-6,8,15H,2-3H2,1H3,(H,16,17). The molecule has 3 rings (SSSR count). The van der Waals surface area contributed by atoms with Crippen LogP contribution in [0.5, 0.6) is 5.75 Å². The van der Waals surface area contributed by atoms with Gasteiger partial charge in [-0.25, -0.2) is 4.79 Å². The summed E-state index contributed by atoms with van der Waals surface area (Å²) in [4.78, 5) is 11.3. The highest BCUT2D eigenvalue weighted by molar-refractivity contribution is 5.98. The molecule has 1 saturated carbocycles. The van der Waals surface area contributed by atoms with E-state index < -0.39 is 5.97 Å². The summed E-state index contributed by atoms with van der Waals surface area (Å²) < 4.78 is 1.85. The lowest BCUT2D eigenvalue weighted by molar-refractivity contribution is 0.0684. The molecule has 0 aliphatic heterocycles. The fourth-order valence-electron chi connectivity index (χ4n) is 2.44. The third-order valence-electron chi connectivity index (χ3n) is 3.36. The van der Waals surface area contributed by atoms with Crippen LogP contribution in [-0.2, 0) is 0 Å². The first-order valence-electron chi connectivity index (χ1n) is 5.66. The summed E-state index contributed by atoms with van der Waals surface area (Å²) in [6.07, 6.45) is 2.03. The van der Waals surface area contributed by atoms with Crippen molar-refractivity contribution >= 4 is 16.9 Å². The molecule has 0 bridgehead atoms. The van der Waals surface area contributed by atoms with E-state index in [0.717, 1.165) is 29.3 Å². The third-order valence-corrected chi connectivity index (χ3v) is 3.36. The zero-order valence-corrected chi connectivity index (χ0v) is 9.47. The van der Waals surface area contributed by atoms with Crippen LogP contribution in [0.15, 0.2) is 18.2 Å². The van der Waals surface area contributed by atoms with Crippen molar-refractivity contribution in [2.24, 2.45) is 0 Å². The SMILES string of the molecule is Cc1c(C(=O)O)n(C2CC2)c2cc(O)ccc12. The second-order valence-corrected chi connectivity index (χ2v) is 4.58. The number of aromatic nitrogens is 1. The minimum absolute atomic E-state index is 0.175. The molecule has 1 aromatic heterocycles. The van der Waals surface area contributed by atoms with Crippen molar-refractivity contribution in [1.82, 2.24) is 4.57 Å². The summed E-state index contributed by atoms with van der Waals surface area (Å²) in [5, 5.41) is 19.8. The first kappa shape index (κ1) is 10.2. The Hall–Kier alpha value is -1.97. The molecule has 0 unspecified atom stereocenters. The van der Waals surface area contributed by atoms with Crippen molar-refractivity contribution in [1.29, 1.82) is 0 Å². The fraction of sp³-hybridized carbons (Fsp3) is 0.308. The van der Waals surface area contributed by atoms with Gasteiger partial charge in [0.1, 0.15) is 11.4 Å². The van der Waals surface area contributed by atoms with Crippen LogP contribution < -0.4 is 0 Å². The second-order valence-electron chi connectivity index (χ2n) is 4.58. The molecule has 0 radical (unpaired) electrons. The summed E-state index contributed by atoms with van der Waals surface area (Å²) in [6.45, 7) is 1.82. The molecule has 4 heteroatoms. The number of aromatic hydroxyl groups is 1. The maximum absolute atomic E-state index is 11.3. The van der Waals surface area contributed by atoms with Gasteiger partial charge in [0.25, 0.3) is 0 Å². The molecule has 1 aliphatic carbocycles. The molecular weight excluding hydrogens is 218 g/mol. The third kappa shape index (κ3) is 1.40. The van der Waals surface area contributed by atoms with Gasteiger partial charge in [0, 0.05) is 17.5 Å². The smallest absolute Gasteiger partial charge is 0.352 e. The van der Waals surface area contributed by atoms with Crippen LogP contribution in [0.2, 0.25) is 0 Å². The number of phenols is 1. The molecule has 0 spiro atoms. The van der Waals surface area contributed by atoms with Crippen LogP contribution >= 0.6 is 0 Å². The number of fused-ring (bicyclic) bond motifs is 1. The first-order chi connectivity index (χ1) is 8.09. The van der Waals surface area contributed by atoms with Crippen molar-refractivity contribution in [3.05, 3.63) is 29.5 Å². The Balaban J connectivity index is 2.41. The van der Waals surface area contributed by atoms with Gasteiger partial charge in [-0.2, -0.15) is 0 Å². The number of rotatable bonds is 2. The van der Waals surface area contributed by atoms with Crippen LogP contribution in [0.3, 0.4) is 0 Å². The fourth-order valence-corrected chi connectivity index (χ4v) is 2.44. The highest BCUT2D eigenvalue weighted by Gasteiger charge is 2.31. The Labute approximate surface area is 98.1 Å². The zero-order valence-electron chi connectivity index (χ0n) is 9.47. The summed E-state index contributed by atoms with van der Waals surface area (Å²) in [7, 11) is 0. The van der Waals surface area contributed by atoms with Crippen molar-refractivity contribution in [2.75, 3.05) is 0 Å². The van der Waals surface area contributed by atoms with E-state index in [4.69, 9.17) is 0 Å². The summed E-state index contributed by atoms with van der Waals surface area (Å²) in [5.41, 5.74) is 1.95. The predicted molar refractivity (Wildman–Crippen MR) is 63.6 cm³/mol. The lowest BCUT2D eigenvalue weighted by atomic mass is 10.1. The quantitative estimate of drug-likeness (QED) is 0.835. The molecule has 1 aliphatic rings.